The summed E-state index contributed by atoms with van der Waals surface area (Å²) in [5.41, 5.74) is 0.836. The lowest BCUT2D eigenvalue weighted by Gasteiger charge is -2.03. The number of nitrogens with zero attached hydrogens (tertiary/aromatic N) is 1. The molecular weight excluding hydrogens is 234 g/mol. The third-order valence-corrected chi connectivity index (χ3v) is 2.12. The van der Waals surface area contributed by atoms with Gasteiger partial charge in [0.25, 0.3) is 0 Å². The van der Waals surface area contributed by atoms with E-state index in [2.05, 4.69) is 5.16 Å². The largest absolute Gasteiger partial charge is 0.496 e. The summed E-state index contributed by atoms with van der Waals surface area (Å²) in [5.74, 6) is -0.331. The molecule has 18 heavy (non-hydrogen) atoms. The molecule has 96 valence electrons. The van der Waals surface area contributed by atoms with Gasteiger partial charge in [-0.1, -0.05) is 29.4 Å². The number of oxime groups is 1. The van der Waals surface area contributed by atoms with Gasteiger partial charge in [0.15, 0.2) is 5.71 Å². The predicted molar refractivity (Wildman–Crippen MR) is 68.7 cm³/mol. The molecular formula is C13H15NO4. The molecule has 0 bridgehead atoms. The van der Waals surface area contributed by atoms with Crippen LogP contribution < -0.4 is 4.74 Å². The zero-order chi connectivity index (χ0) is 13.4. The first-order chi connectivity index (χ1) is 8.65. The number of carboxylic acids is 1. The first kappa shape index (κ1) is 13.8. The smallest absolute Gasteiger partial charge is 0.353 e. The number of hydrogen-bond acceptors (Lipinski definition) is 4. The minimum atomic E-state index is -1.09. The summed E-state index contributed by atoms with van der Waals surface area (Å²) in [7, 11) is 1.60. The van der Waals surface area contributed by atoms with Crippen molar-refractivity contribution >= 4 is 17.8 Å². The summed E-state index contributed by atoms with van der Waals surface area (Å²) in [6.07, 6.45) is 3.56. The van der Waals surface area contributed by atoms with Crippen molar-refractivity contribution in [3.63, 3.8) is 0 Å². The molecule has 1 N–H and O–H groups in total. The Bertz CT molecular complexity index is 466. The van der Waals surface area contributed by atoms with Crippen LogP contribution >= 0.6 is 0 Å². The first-order valence-electron chi connectivity index (χ1n) is 5.34. The van der Waals surface area contributed by atoms with Gasteiger partial charge in [-0.2, -0.15) is 0 Å². The molecule has 5 nitrogen and oxygen atoms in total. The lowest BCUT2D eigenvalue weighted by atomic mass is 10.2. The van der Waals surface area contributed by atoms with Gasteiger partial charge in [0.05, 0.1) is 7.11 Å². The molecule has 0 unspecified atom stereocenters. The second-order valence-electron chi connectivity index (χ2n) is 3.42. The van der Waals surface area contributed by atoms with Crippen LogP contribution in [0.1, 0.15) is 12.5 Å². The Kier molecular flexibility index (Phi) is 5.44. The third-order valence-electron chi connectivity index (χ3n) is 2.12. The monoisotopic (exact) mass is 249 g/mol. The van der Waals surface area contributed by atoms with Crippen molar-refractivity contribution < 1.29 is 19.5 Å². The highest BCUT2D eigenvalue weighted by atomic mass is 16.6. The number of carbonyl (C=O) groups is 1. The molecule has 1 rings (SSSR count). The van der Waals surface area contributed by atoms with E-state index in [1.165, 1.54) is 6.92 Å². The minimum Gasteiger partial charge on any atom is -0.496 e. The number of benzene rings is 1. The van der Waals surface area contributed by atoms with E-state index < -0.39 is 5.97 Å². The number of ether oxygens (including phenoxy) is 1. The van der Waals surface area contributed by atoms with E-state index in [-0.39, 0.29) is 12.3 Å². The maximum Gasteiger partial charge on any atom is 0.353 e. The van der Waals surface area contributed by atoms with Crippen LogP contribution in [0.25, 0.3) is 6.08 Å². The predicted octanol–water partition coefficient (Wildman–Crippen LogP) is 2.19. The highest BCUT2D eigenvalue weighted by molar-refractivity contribution is 6.34. The number of carboxylic acid groups (broad SMARTS) is 1. The van der Waals surface area contributed by atoms with E-state index in [0.29, 0.717) is 0 Å². The number of para-hydroxylation sites is 1. The van der Waals surface area contributed by atoms with Crippen molar-refractivity contribution in [2.24, 2.45) is 5.16 Å². The van der Waals surface area contributed by atoms with Crippen LogP contribution in [0.4, 0.5) is 0 Å². The molecule has 0 fully saturated rings. The zero-order valence-electron chi connectivity index (χ0n) is 10.3. The van der Waals surface area contributed by atoms with Gasteiger partial charge in [-0.05, 0) is 19.1 Å². The van der Waals surface area contributed by atoms with Crippen LogP contribution in [-0.2, 0) is 9.63 Å². The maximum atomic E-state index is 10.4. The van der Waals surface area contributed by atoms with Gasteiger partial charge in [0, 0.05) is 5.56 Å². The SMILES string of the molecule is COc1ccccc1/C=C/CO/N=C(/C)C(=O)O. The van der Waals surface area contributed by atoms with Crippen LogP contribution in [0.15, 0.2) is 35.5 Å². The van der Waals surface area contributed by atoms with Crippen LogP contribution in [-0.4, -0.2) is 30.5 Å². The van der Waals surface area contributed by atoms with Crippen LogP contribution in [0.3, 0.4) is 0 Å². The van der Waals surface area contributed by atoms with E-state index in [9.17, 15) is 4.79 Å². The van der Waals surface area contributed by atoms with Crippen molar-refractivity contribution in [3.05, 3.63) is 35.9 Å². The van der Waals surface area contributed by atoms with E-state index >= 15 is 0 Å². The van der Waals surface area contributed by atoms with Crippen molar-refractivity contribution in [1.29, 1.82) is 0 Å². The molecule has 0 aliphatic rings. The Morgan fingerprint density at radius 3 is 2.83 bits per heavy atom. The fourth-order valence-corrected chi connectivity index (χ4v) is 1.20. The van der Waals surface area contributed by atoms with Gasteiger partial charge in [-0.3, -0.25) is 0 Å². The fraction of sp³-hybridized carbons (Fsp3) is 0.231. The Labute approximate surface area is 105 Å². The lowest BCUT2D eigenvalue weighted by Crippen LogP contribution is -2.08. The average molecular weight is 249 g/mol. The summed E-state index contributed by atoms with van der Waals surface area (Å²) in [4.78, 5) is 15.3. The Morgan fingerprint density at radius 1 is 1.44 bits per heavy atom. The Hall–Kier alpha value is -2.30. The molecule has 0 radical (unpaired) electrons. The molecule has 5 heteroatoms. The highest BCUT2D eigenvalue weighted by Crippen LogP contribution is 2.18. The molecule has 0 heterocycles. The van der Waals surface area contributed by atoms with Gasteiger partial charge >= 0.3 is 5.97 Å². The van der Waals surface area contributed by atoms with E-state index in [4.69, 9.17) is 14.7 Å². The van der Waals surface area contributed by atoms with Gasteiger partial charge in [-0.15, -0.1) is 0 Å². The second kappa shape index (κ2) is 7.11. The summed E-state index contributed by atoms with van der Waals surface area (Å²) < 4.78 is 5.17. The van der Waals surface area contributed by atoms with Crippen LogP contribution in [0.5, 0.6) is 5.75 Å². The normalized spacial score (nSPS) is 11.6. The first-order valence-corrected chi connectivity index (χ1v) is 5.34. The molecule has 0 aliphatic heterocycles. The number of rotatable bonds is 6. The Balaban J connectivity index is 2.51. The molecule has 0 aromatic heterocycles. The van der Waals surface area contributed by atoms with Crippen LogP contribution in [0, 0.1) is 0 Å². The molecule has 0 spiro atoms. The highest BCUT2D eigenvalue weighted by Gasteiger charge is 2.00. The maximum absolute atomic E-state index is 10.4. The third kappa shape index (κ3) is 4.29. The molecule has 0 atom stereocenters. The number of methoxy groups -OCH3 is 1. The second-order valence-corrected chi connectivity index (χ2v) is 3.42. The van der Waals surface area contributed by atoms with E-state index in [1.54, 1.807) is 13.2 Å². The molecule has 0 saturated heterocycles. The summed E-state index contributed by atoms with van der Waals surface area (Å²) in [5, 5.41) is 12.0. The van der Waals surface area contributed by atoms with Gasteiger partial charge in [-0.25, -0.2) is 4.79 Å². The molecule has 1 aromatic carbocycles. The van der Waals surface area contributed by atoms with Gasteiger partial charge in [0.2, 0.25) is 0 Å². The van der Waals surface area contributed by atoms with E-state index in [1.807, 2.05) is 30.3 Å². The van der Waals surface area contributed by atoms with Crippen molar-refractivity contribution in [2.75, 3.05) is 13.7 Å². The molecule has 0 saturated carbocycles. The number of hydrogen-bond donors (Lipinski definition) is 1. The van der Waals surface area contributed by atoms with Gasteiger partial charge in [0.1, 0.15) is 12.4 Å². The standard InChI is InChI=1S/C13H15NO4/c1-10(13(15)16)14-18-9-5-7-11-6-3-4-8-12(11)17-2/h3-8H,9H2,1-2H3,(H,15,16)/b7-5+,14-10-. The van der Waals surface area contributed by atoms with E-state index in [0.717, 1.165) is 11.3 Å². The quantitative estimate of drug-likeness (QED) is 0.476. The van der Waals surface area contributed by atoms with Gasteiger partial charge < -0.3 is 14.7 Å². The fourth-order valence-electron chi connectivity index (χ4n) is 1.20. The molecule has 0 aliphatic carbocycles. The molecule has 0 amide bonds. The Morgan fingerprint density at radius 2 is 2.17 bits per heavy atom. The minimum absolute atomic E-state index is 0.0827. The summed E-state index contributed by atoms with van der Waals surface area (Å²) >= 11 is 0. The van der Waals surface area contributed by atoms with Crippen LogP contribution in [0.2, 0.25) is 0 Å². The lowest BCUT2D eigenvalue weighted by molar-refractivity contribution is -0.129. The average Bonchev–Trinajstić information content (AvgIpc) is 2.38. The van der Waals surface area contributed by atoms with Crippen molar-refractivity contribution in [3.8, 4) is 5.75 Å². The van der Waals surface area contributed by atoms with Crippen molar-refractivity contribution in [2.45, 2.75) is 6.92 Å². The van der Waals surface area contributed by atoms with Crippen molar-refractivity contribution in [1.82, 2.24) is 0 Å². The topological polar surface area (TPSA) is 68.1 Å². The zero-order valence-corrected chi connectivity index (χ0v) is 10.3. The molecule has 1 aromatic rings. The summed E-state index contributed by atoms with van der Waals surface area (Å²) in [6.45, 7) is 1.56. The number of aliphatic carboxylic acids is 1. The summed E-state index contributed by atoms with van der Waals surface area (Å²) in [6, 6.07) is 7.54.